The largest absolute Gasteiger partial charge is 0.455 e. The first-order chi connectivity index (χ1) is 25.3. The molecule has 8 aromatic carbocycles. The van der Waals surface area contributed by atoms with Crippen molar-refractivity contribution < 1.29 is 8.83 Å². The highest BCUT2D eigenvalue weighted by atomic mass is 16.3. The van der Waals surface area contributed by atoms with Crippen LogP contribution in [0.25, 0.3) is 105 Å². The summed E-state index contributed by atoms with van der Waals surface area (Å²) in [5, 5.41) is 6.65. The van der Waals surface area contributed by atoms with Crippen LogP contribution in [-0.4, -0.2) is 4.57 Å². The van der Waals surface area contributed by atoms with Gasteiger partial charge in [0.1, 0.15) is 22.3 Å². The molecule has 0 aliphatic rings. The number of aromatic nitrogens is 1. The third-order valence-corrected chi connectivity index (χ3v) is 10.4. The van der Waals surface area contributed by atoms with Gasteiger partial charge in [-0.25, -0.2) is 0 Å². The summed E-state index contributed by atoms with van der Waals surface area (Å²) in [7, 11) is 0. The van der Waals surface area contributed by atoms with Crippen LogP contribution >= 0.6 is 0 Å². The third-order valence-electron chi connectivity index (χ3n) is 10.4. The Bertz CT molecular complexity index is 3060. The first-order valence-corrected chi connectivity index (χ1v) is 17.4. The van der Waals surface area contributed by atoms with Gasteiger partial charge in [-0.05, 0) is 64.7 Å². The van der Waals surface area contributed by atoms with E-state index in [1.54, 1.807) is 0 Å². The van der Waals surface area contributed by atoms with Crippen molar-refractivity contribution >= 4 is 65.7 Å². The zero-order chi connectivity index (χ0) is 33.5. The number of para-hydroxylation sites is 2. The maximum absolute atomic E-state index is 7.01. The minimum Gasteiger partial charge on any atom is -0.455 e. The highest BCUT2D eigenvalue weighted by molar-refractivity contribution is 6.31. The van der Waals surface area contributed by atoms with Crippen molar-refractivity contribution in [1.82, 2.24) is 4.57 Å². The summed E-state index contributed by atoms with van der Waals surface area (Å²) >= 11 is 0. The molecular weight excluding hydrogens is 623 g/mol. The molecule has 0 spiro atoms. The highest BCUT2D eigenvalue weighted by Gasteiger charge is 2.27. The van der Waals surface area contributed by atoms with Crippen LogP contribution < -0.4 is 0 Å². The molecule has 238 valence electrons. The fourth-order valence-electron chi connectivity index (χ4n) is 8.17. The third kappa shape index (κ3) is 4.12. The van der Waals surface area contributed by atoms with Gasteiger partial charge in [0.05, 0.1) is 16.4 Å². The van der Waals surface area contributed by atoms with Crippen LogP contribution in [0.3, 0.4) is 0 Å². The van der Waals surface area contributed by atoms with Crippen molar-refractivity contribution in [2.45, 2.75) is 0 Å². The van der Waals surface area contributed by atoms with Crippen LogP contribution in [0.5, 0.6) is 0 Å². The van der Waals surface area contributed by atoms with E-state index in [1.807, 2.05) is 0 Å². The molecule has 11 aromatic rings. The molecule has 0 atom stereocenters. The highest BCUT2D eigenvalue weighted by Crippen LogP contribution is 2.51. The van der Waals surface area contributed by atoms with Gasteiger partial charge in [0.15, 0.2) is 0 Å². The molecule has 3 heterocycles. The van der Waals surface area contributed by atoms with Gasteiger partial charge in [-0.2, -0.15) is 0 Å². The predicted octanol–water partition coefficient (Wildman–Crippen LogP) is 13.6. The minimum atomic E-state index is 0.828. The van der Waals surface area contributed by atoms with Gasteiger partial charge >= 0.3 is 0 Å². The lowest BCUT2D eigenvalue weighted by molar-refractivity contribution is 0.663. The van der Waals surface area contributed by atoms with E-state index in [-0.39, 0.29) is 0 Å². The zero-order valence-corrected chi connectivity index (χ0v) is 27.5. The molecule has 0 aliphatic heterocycles. The molecule has 11 rings (SSSR count). The molecule has 0 amide bonds. The van der Waals surface area contributed by atoms with Crippen LogP contribution in [0.2, 0.25) is 0 Å². The normalized spacial score (nSPS) is 11.9. The van der Waals surface area contributed by atoms with Crippen molar-refractivity contribution in [2.75, 3.05) is 0 Å². The number of hydrogen-bond acceptors (Lipinski definition) is 2. The molecule has 0 N–H and O–H groups in total. The molecular formula is C48H29NO2. The monoisotopic (exact) mass is 651 g/mol. The second kappa shape index (κ2) is 10.8. The number of benzene rings is 8. The average molecular weight is 652 g/mol. The summed E-state index contributed by atoms with van der Waals surface area (Å²) in [6.45, 7) is 0. The lowest BCUT2D eigenvalue weighted by Gasteiger charge is -2.14. The Hall–Kier alpha value is -6.84. The van der Waals surface area contributed by atoms with Crippen molar-refractivity contribution in [2.24, 2.45) is 0 Å². The van der Waals surface area contributed by atoms with Crippen LogP contribution in [-0.2, 0) is 0 Å². The van der Waals surface area contributed by atoms with Gasteiger partial charge in [-0.3, -0.25) is 0 Å². The summed E-state index contributed by atoms with van der Waals surface area (Å²) in [6, 6.07) is 62.3. The molecule has 0 radical (unpaired) electrons. The van der Waals surface area contributed by atoms with E-state index in [2.05, 4.69) is 180 Å². The van der Waals surface area contributed by atoms with Crippen LogP contribution in [0.4, 0.5) is 0 Å². The van der Waals surface area contributed by atoms with Crippen LogP contribution in [0.15, 0.2) is 185 Å². The fraction of sp³-hybridized carbons (Fsp3) is 0. The molecule has 0 aliphatic carbocycles. The van der Waals surface area contributed by atoms with E-state index >= 15 is 0 Å². The van der Waals surface area contributed by atoms with Crippen LogP contribution in [0, 0.1) is 0 Å². The second-order valence-electron chi connectivity index (χ2n) is 13.2. The van der Waals surface area contributed by atoms with E-state index in [9.17, 15) is 0 Å². The Morgan fingerprint density at radius 3 is 1.49 bits per heavy atom. The molecule has 3 aromatic heterocycles. The van der Waals surface area contributed by atoms with E-state index in [1.165, 1.54) is 21.8 Å². The molecule has 51 heavy (non-hydrogen) atoms. The zero-order valence-electron chi connectivity index (χ0n) is 27.5. The van der Waals surface area contributed by atoms with Gasteiger partial charge in [0.2, 0.25) is 0 Å². The lowest BCUT2D eigenvalue weighted by atomic mass is 9.88. The number of fused-ring (bicyclic) bond motifs is 10. The van der Waals surface area contributed by atoms with Gasteiger partial charge < -0.3 is 13.4 Å². The summed E-state index contributed by atoms with van der Waals surface area (Å²) in [6.07, 6.45) is 0. The number of nitrogens with zero attached hydrogens (tertiary/aromatic N) is 1. The average Bonchev–Trinajstić information content (AvgIpc) is 3.87. The predicted molar refractivity (Wildman–Crippen MR) is 212 cm³/mol. The van der Waals surface area contributed by atoms with E-state index < -0.39 is 0 Å². The second-order valence-corrected chi connectivity index (χ2v) is 13.2. The Labute approximate surface area is 293 Å². The molecule has 0 bridgehead atoms. The molecule has 0 fully saturated rings. The maximum atomic E-state index is 7.01. The van der Waals surface area contributed by atoms with Gasteiger partial charge in [0.25, 0.3) is 0 Å². The van der Waals surface area contributed by atoms with Gasteiger partial charge in [-0.15, -0.1) is 0 Å². The van der Waals surface area contributed by atoms with Crippen molar-refractivity contribution in [3.05, 3.63) is 176 Å². The quantitative estimate of drug-likeness (QED) is 0.190. The van der Waals surface area contributed by atoms with Crippen molar-refractivity contribution in [1.29, 1.82) is 0 Å². The molecule has 0 saturated heterocycles. The summed E-state index contributed by atoms with van der Waals surface area (Å²) in [4.78, 5) is 0. The number of rotatable bonds is 4. The van der Waals surface area contributed by atoms with Gasteiger partial charge in [-0.1, -0.05) is 133 Å². The number of furan rings is 2. The summed E-state index contributed by atoms with van der Waals surface area (Å²) < 4.78 is 16.3. The Balaban J connectivity index is 1.33. The minimum absolute atomic E-state index is 0.828. The standard InChI is InChI=1S/C48H29NO2/c1-4-14-30(15-5-1)33-24-26-41-37(28-33)46-47(50-41)44(32-18-8-3-9-19-32)43(31-16-6-2-7-17-31)45-38-29-34(25-27-42(38)51-48(45)46)49-39-22-12-10-20-35(39)36-21-11-13-23-40(36)49/h1-29H. The van der Waals surface area contributed by atoms with Crippen molar-refractivity contribution in [3.63, 3.8) is 0 Å². The molecule has 0 unspecified atom stereocenters. The lowest BCUT2D eigenvalue weighted by Crippen LogP contribution is -1.93. The fourth-order valence-corrected chi connectivity index (χ4v) is 8.17. The van der Waals surface area contributed by atoms with Crippen LogP contribution in [0.1, 0.15) is 0 Å². The molecule has 0 saturated carbocycles. The molecule has 3 nitrogen and oxygen atoms in total. The Morgan fingerprint density at radius 2 is 0.843 bits per heavy atom. The number of hydrogen-bond donors (Lipinski definition) is 0. The first kappa shape index (κ1) is 28.0. The smallest absolute Gasteiger partial charge is 0.147 e. The first-order valence-electron chi connectivity index (χ1n) is 17.4. The van der Waals surface area contributed by atoms with Crippen molar-refractivity contribution in [3.8, 4) is 39.1 Å². The van der Waals surface area contributed by atoms with E-state index in [0.717, 1.165) is 82.9 Å². The van der Waals surface area contributed by atoms with E-state index in [0.29, 0.717) is 0 Å². The SMILES string of the molecule is c1ccc(-c2ccc3oc4c(-c5ccccc5)c(-c5ccccc5)c5c6cc(-n7c8ccccc8c8ccccc87)ccc6oc5c4c3c2)cc1. The Morgan fingerprint density at radius 1 is 0.333 bits per heavy atom. The summed E-state index contributed by atoms with van der Waals surface area (Å²) in [5.41, 5.74) is 13.4. The van der Waals surface area contributed by atoms with E-state index in [4.69, 9.17) is 8.83 Å². The van der Waals surface area contributed by atoms with Gasteiger partial charge in [0, 0.05) is 43.7 Å². The Kier molecular flexibility index (Phi) is 5.96. The molecule has 3 heteroatoms. The summed E-state index contributed by atoms with van der Waals surface area (Å²) in [5.74, 6) is 0. The topological polar surface area (TPSA) is 31.2 Å². The maximum Gasteiger partial charge on any atom is 0.147 e.